The van der Waals surface area contributed by atoms with E-state index in [1.54, 1.807) is 0 Å². The minimum absolute atomic E-state index is 0.0776. The third-order valence-electron chi connectivity index (χ3n) is 11.4. The molecule has 0 N–H and O–H groups in total. The lowest BCUT2D eigenvalue weighted by atomic mass is 10.0. The molecule has 0 bridgehead atoms. The fraction of sp³-hybridized carbons (Fsp3) is 0.833. The Labute approximate surface area is 372 Å². The van der Waals surface area contributed by atoms with Crippen LogP contribution in [-0.4, -0.2) is 37.2 Å². The van der Waals surface area contributed by atoms with Crippen LogP contribution in [0.1, 0.15) is 271 Å². The van der Waals surface area contributed by atoms with Gasteiger partial charge in [-0.2, -0.15) is 0 Å². The second-order valence-electron chi connectivity index (χ2n) is 17.4. The average Bonchev–Trinajstić information content (AvgIpc) is 3.24. The zero-order valence-electron chi connectivity index (χ0n) is 40.0. The van der Waals surface area contributed by atoms with Crippen LogP contribution in [0.5, 0.6) is 0 Å². The fourth-order valence-corrected chi connectivity index (χ4v) is 7.39. The molecule has 0 heterocycles. The van der Waals surface area contributed by atoms with Crippen molar-refractivity contribution < 1.29 is 28.6 Å². The Morgan fingerprint density at radius 1 is 0.333 bits per heavy atom. The first kappa shape index (κ1) is 57.6. The van der Waals surface area contributed by atoms with E-state index in [0.717, 1.165) is 89.9 Å². The molecule has 60 heavy (non-hydrogen) atoms. The zero-order valence-corrected chi connectivity index (χ0v) is 40.0. The smallest absolute Gasteiger partial charge is 0.306 e. The van der Waals surface area contributed by atoms with Gasteiger partial charge in [0.15, 0.2) is 6.10 Å². The number of ether oxygens (including phenoxy) is 3. The second kappa shape index (κ2) is 49.3. The van der Waals surface area contributed by atoms with Gasteiger partial charge in [0, 0.05) is 19.3 Å². The van der Waals surface area contributed by atoms with Crippen LogP contribution in [0.25, 0.3) is 0 Å². The molecule has 350 valence electrons. The highest BCUT2D eigenvalue weighted by Gasteiger charge is 2.19. The summed E-state index contributed by atoms with van der Waals surface area (Å²) in [7, 11) is 0. The molecule has 0 aromatic rings. The molecule has 0 aromatic carbocycles. The summed E-state index contributed by atoms with van der Waals surface area (Å²) in [6.07, 6.45) is 56.9. The molecule has 1 atom stereocenters. The highest BCUT2D eigenvalue weighted by atomic mass is 16.6. The number of hydrogen-bond acceptors (Lipinski definition) is 6. The van der Waals surface area contributed by atoms with Crippen molar-refractivity contribution in [2.24, 2.45) is 0 Å². The Hall–Kier alpha value is -2.37. The van der Waals surface area contributed by atoms with Gasteiger partial charge in [0.25, 0.3) is 0 Å². The first-order valence-electron chi connectivity index (χ1n) is 26.0. The maximum atomic E-state index is 12.8. The number of carbonyl (C=O) groups is 3. The molecule has 6 nitrogen and oxygen atoms in total. The molecular weight excluding hydrogens is 745 g/mol. The largest absolute Gasteiger partial charge is 0.462 e. The van der Waals surface area contributed by atoms with Gasteiger partial charge in [0.05, 0.1) is 0 Å². The van der Waals surface area contributed by atoms with Crippen LogP contribution in [0.3, 0.4) is 0 Å². The third-order valence-corrected chi connectivity index (χ3v) is 11.4. The molecule has 0 aliphatic heterocycles. The van der Waals surface area contributed by atoms with Gasteiger partial charge in [-0.15, -0.1) is 0 Å². The molecule has 0 unspecified atom stereocenters. The van der Waals surface area contributed by atoms with E-state index in [4.69, 9.17) is 14.2 Å². The van der Waals surface area contributed by atoms with Gasteiger partial charge in [-0.05, 0) is 70.6 Å². The molecule has 0 aromatic heterocycles. The van der Waals surface area contributed by atoms with E-state index >= 15 is 0 Å². The normalized spacial score (nSPS) is 12.2. The van der Waals surface area contributed by atoms with Crippen molar-refractivity contribution in [2.75, 3.05) is 13.2 Å². The van der Waals surface area contributed by atoms with Crippen molar-refractivity contribution in [2.45, 2.75) is 277 Å². The predicted molar refractivity (Wildman–Crippen MR) is 256 cm³/mol. The average molecular weight is 843 g/mol. The SMILES string of the molecule is CCCC/C=C\C/C=C\CCCCCCCC(=O)O[C@@H](COC(=O)CCCCCCC/C=C\CCCCCCCC)COC(=O)CCCCCCCCCCCCCCC. The molecule has 6 heteroatoms. The fourth-order valence-electron chi connectivity index (χ4n) is 7.39. The standard InChI is InChI=1S/C54H98O6/c1-4-7-10-13-16-19-22-25-27-30-32-35-38-41-44-47-53(56)59-50-51(49-58-52(55)46-43-40-37-34-31-28-24-21-18-15-12-9-6-3)60-54(57)48-45-42-39-36-33-29-26-23-20-17-14-11-8-5-2/h14,17,23,25-27,51H,4-13,15-16,18-22,24,28-50H2,1-3H3/b17-14-,26-23-,27-25-/t51-/m1/s1. The van der Waals surface area contributed by atoms with Crippen LogP contribution in [0.15, 0.2) is 36.5 Å². The molecule has 0 amide bonds. The van der Waals surface area contributed by atoms with Gasteiger partial charge >= 0.3 is 17.9 Å². The van der Waals surface area contributed by atoms with E-state index < -0.39 is 6.10 Å². The van der Waals surface area contributed by atoms with E-state index in [0.29, 0.717) is 19.3 Å². The maximum absolute atomic E-state index is 12.8. The first-order valence-corrected chi connectivity index (χ1v) is 26.0. The highest BCUT2D eigenvalue weighted by molar-refractivity contribution is 5.71. The first-order chi connectivity index (χ1) is 29.5. The molecule has 0 saturated heterocycles. The summed E-state index contributed by atoms with van der Waals surface area (Å²) in [6, 6.07) is 0. The lowest BCUT2D eigenvalue weighted by molar-refractivity contribution is -0.167. The Morgan fingerprint density at radius 3 is 0.983 bits per heavy atom. The quantitative estimate of drug-likeness (QED) is 0.0263. The molecule has 0 aliphatic carbocycles. The van der Waals surface area contributed by atoms with Crippen molar-refractivity contribution in [1.29, 1.82) is 0 Å². The third kappa shape index (κ3) is 46.7. The van der Waals surface area contributed by atoms with Crippen LogP contribution in [0, 0.1) is 0 Å². The van der Waals surface area contributed by atoms with E-state index in [-0.39, 0.29) is 31.1 Å². The summed E-state index contributed by atoms with van der Waals surface area (Å²) in [5.74, 6) is -0.891. The number of hydrogen-bond donors (Lipinski definition) is 0. The highest BCUT2D eigenvalue weighted by Crippen LogP contribution is 2.15. The molecular formula is C54H98O6. The van der Waals surface area contributed by atoms with Crippen LogP contribution >= 0.6 is 0 Å². The molecule has 0 rings (SSSR count). The van der Waals surface area contributed by atoms with Crippen LogP contribution in [0.2, 0.25) is 0 Å². The Bertz CT molecular complexity index is 1020. The van der Waals surface area contributed by atoms with Crippen molar-refractivity contribution in [3.05, 3.63) is 36.5 Å². The van der Waals surface area contributed by atoms with Gasteiger partial charge in [-0.1, -0.05) is 218 Å². The summed E-state index contributed by atoms with van der Waals surface area (Å²) in [4.78, 5) is 37.9. The monoisotopic (exact) mass is 843 g/mol. The Morgan fingerprint density at radius 2 is 0.617 bits per heavy atom. The lowest BCUT2D eigenvalue weighted by Gasteiger charge is -2.18. The molecule has 0 saturated carbocycles. The lowest BCUT2D eigenvalue weighted by Crippen LogP contribution is -2.30. The molecule has 0 spiro atoms. The zero-order chi connectivity index (χ0) is 43.7. The number of allylic oxidation sites excluding steroid dienone is 6. The van der Waals surface area contributed by atoms with Crippen LogP contribution in [0.4, 0.5) is 0 Å². The van der Waals surface area contributed by atoms with Crippen LogP contribution in [-0.2, 0) is 28.6 Å². The van der Waals surface area contributed by atoms with Gasteiger partial charge in [-0.3, -0.25) is 14.4 Å². The number of rotatable bonds is 47. The van der Waals surface area contributed by atoms with Gasteiger partial charge in [0.1, 0.15) is 13.2 Å². The van der Waals surface area contributed by atoms with Crippen molar-refractivity contribution in [3.8, 4) is 0 Å². The maximum Gasteiger partial charge on any atom is 0.306 e. The Kier molecular flexibility index (Phi) is 47.3. The molecule has 0 radical (unpaired) electrons. The van der Waals surface area contributed by atoms with E-state index in [9.17, 15) is 14.4 Å². The van der Waals surface area contributed by atoms with Crippen LogP contribution < -0.4 is 0 Å². The predicted octanol–water partition coefficient (Wildman–Crippen LogP) is 16.9. The summed E-state index contributed by atoms with van der Waals surface area (Å²) in [6.45, 7) is 6.59. The summed E-state index contributed by atoms with van der Waals surface area (Å²) >= 11 is 0. The summed E-state index contributed by atoms with van der Waals surface area (Å²) in [5, 5.41) is 0. The molecule has 0 fully saturated rings. The van der Waals surface area contributed by atoms with Gasteiger partial charge < -0.3 is 14.2 Å². The van der Waals surface area contributed by atoms with Crippen molar-refractivity contribution in [1.82, 2.24) is 0 Å². The van der Waals surface area contributed by atoms with Crippen molar-refractivity contribution in [3.63, 3.8) is 0 Å². The van der Waals surface area contributed by atoms with Gasteiger partial charge in [-0.25, -0.2) is 0 Å². The minimum Gasteiger partial charge on any atom is -0.462 e. The molecule has 0 aliphatic rings. The number of carbonyl (C=O) groups excluding carboxylic acids is 3. The summed E-state index contributed by atoms with van der Waals surface area (Å²) in [5.41, 5.74) is 0. The second-order valence-corrected chi connectivity index (χ2v) is 17.4. The summed E-state index contributed by atoms with van der Waals surface area (Å²) < 4.78 is 16.8. The van der Waals surface area contributed by atoms with Crippen molar-refractivity contribution >= 4 is 17.9 Å². The minimum atomic E-state index is -0.778. The number of unbranched alkanes of at least 4 members (excludes halogenated alkanes) is 30. The van der Waals surface area contributed by atoms with E-state index in [2.05, 4.69) is 57.2 Å². The Balaban J connectivity index is 4.39. The van der Waals surface area contributed by atoms with E-state index in [1.165, 1.54) is 141 Å². The van der Waals surface area contributed by atoms with Gasteiger partial charge in [0.2, 0.25) is 0 Å². The number of esters is 3. The van der Waals surface area contributed by atoms with E-state index in [1.807, 2.05) is 0 Å². The topological polar surface area (TPSA) is 78.9 Å².